The van der Waals surface area contributed by atoms with E-state index in [1.165, 1.54) is 0 Å². The Morgan fingerprint density at radius 2 is 1.24 bits per heavy atom. The summed E-state index contributed by atoms with van der Waals surface area (Å²) in [5.41, 5.74) is 0.0149. The predicted molar refractivity (Wildman–Crippen MR) is 90.1 cm³/mol. The minimum atomic E-state index is -2.96. The molecule has 3 nitrogen and oxygen atoms in total. The van der Waals surface area contributed by atoms with E-state index in [0.717, 1.165) is 26.2 Å². The van der Waals surface area contributed by atoms with Gasteiger partial charge in [0.1, 0.15) is 0 Å². The molecule has 1 rings (SSSR count). The molecule has 0 atom stereocenters. The van der Waals surface area contributed by atoms with Crippen LogP contribution in [0.5, 0.6) is 0 Å². The summed E-state index contributed by atoms with van der Waals surface area (Å²) < 4.78 is 11.5. The van der Waals surface area contributed by atoms with E-state index in [1.807, 2.05) is 0 Å². The van der Waals surface area contributed by atoms with Gasteiger partial charge in [-0.3, -0.25) is 0 Å². The Hall–Kier alpha value is -0.0597. The first kappa shape index (κ1) is 19.0. The molecule has 0 fully saturated rings. The van der Waals surface area contributed by atoms with Crippen molar-refractivity contribution >= 4 is 0 Å². The molecule has 1 aliphatic rings. The van der Waals surface area contributed by atoms with Crippen LogP contribution in [0.25, 0.3) is 0 Å². The molecule has 0 radical (unpaired) electrons. The van der Waals surface area contributed by atoms with E-state index in [4.69, 9.17) is 3.34 Å². The van der Waals surface area contributed by atoms with E-state index in [2.05, 4.69) is 79.4 Å². The van der Waals surface area contributed by atoms with Crippen molar-refractivity contribution < 1.29 is 17.5 Å². The van der Waals surface area contributed by atoms with Gasteiger partial charge in [-0.2, -0.15) is 0 Å². The molecule has 122 valence electrons. The van der Waals surface area contributed by atoms with Crippen LogP contribution in [0.4, 0.5) is 0 Å². The summed E-state index contributed by atoms with van der Waals surface area (Å²) in [4.78, 5) is 0. The van der Waals surface area contributed by atoms with Gasteiger partial charge < -0.3 is 0 Å². The van der Waals surface area contributed by atoms with Crippen LogP contribution in [0.3, 0.4) is 0 Å². The normalized spacial score (nSPS) is 16.4. The summed E-state index contributed by atoms with van der Waals surface area (Å²) in [6.07, 6.45) is 9.19. The van der Waals surface area contributed by atoms with Gasteiger partial charge in [-0.15, -0.1) is 0 Å². The fraction of sp³-hybridized carbons (Fsp3) is 0.765. The molecule has 0 aromatic heterocycles. The molecular weight excluding hydrogens is 339 g/mol. The van der Waals surface area contributed by atoms with Gasteiger partial charge in [0, 0.05) is 0 Å². The van der Waals surface area contributed by atoms with E-state index in [1.54, 1.807) is 0 Å². The minimum absolute atomic E-state index is 0.0149. The molecule has 0 spiro atoms. The van der Waals surface area contributed by atoms with E-state index >= 15 is 0 Å². The topological polar surface area (TPSA) is 18.8 Å². The fourth-order valence-corrected chi connectivity index (χ4v) is 14.7. The molecule has 0 aromatic rings. The maximum atomic E-state index is 5.56. The number of hydrogen-bond acceptors (Lipinski definition) is 1. The fourth-order valence-electron chi connectivity index (χ4n) is 3.12. The molecule has 21 heavy (non-hydrogen) atoms. The third-order valence-corrected chi connectivity index (χ3v) is 15.8. The number of rotatable bonds is 7. The van der Waals surface area contributed by atoms with Crippen molar-refractivity contribution in [1.82, 2.24) is 6.61 Å². The zero-order valence-corrected chi connectivity index (χ0v) is 17.2. The van der Waals surface area contributed by atoms with Crippen LogP contribution in [-0.2, 0) is 17.5 Å². The van der Waals surface area contributed by atoms with Gasteiger partial charge in [0.25, 0.3) is 0 Å². The summed E-state index contributed by atoms with van der Waals surface area (Å²) in [7, 11) is 0. The van der Waals surface area contributed by atoms with Gasteiger partial charge in [-0.25, -0.2) is 0 Å². The zero-order valence-electron chi connectivity index (χ0n) is 15.0. The van der Waals surface area contributed by atoms with Crippen molar-refractivity contribution in [2.45, 2.75) is 58.1 Å². The Kier molecular flexibility index (Phi) is 7.22. The molecule has 0 aromatic carbocycles. The van der Waals surface area contributed by atoms with Gasteiger partial charge in [0.2, 0.25) is 0 Å². The van der Waals surface area contributed by atoms with Gasteiger partial charge >= 0.3 is 136 Å². The molecule has 4 heteroatoms. The monoisotopic (exact) mass is 373 g/mol. The molecule has 0 saturated carbocycles. The zero-order chi connectivity index (χ0) is 16.1. The van der Waals surface area contributed by atoms with Crippen molar-refractivity contribution in [1.29, 1.82) is 0 Å². The van der Waals surface area contributed by atoms with Crippen molar-refractivity contribution in [3.8, 4) is 0 Å². The third kappa shape index (κ3) is 4.23. The van der Waals surface area contributed by atoms with Crippen molar-refractivity contribution in [2.24, 2.45) is 3.34 Å². The van der Waals surface area contributed by atoms with E-state index in [9.17, 15) is 0 Å². The molecule has 0 unspecified atom stereocenters. The average Bonchev–Trinajstić information content (AvgIpc) is 2.93. The van der Waals surface area contributed by atoms with Crippen LogP contribution >= 0.6 is 0 Å². The van der Waals surface area contributed by atoms with E-state index < -0.39 is 17.5 Å². The van der Waals surface area contributed by atoms with Crippen LogP contribution in [0.15, 0.2) is 27.6 Å². The van der Waals surface area contributed by atoms with Crippen molar-refractivity contribution in [3.63, 3.8) is 0 Å². The Morgan fingerprint density at radius 3 is 1.52 bits per heavy atom. The Balaban J connectivity index is 3.58. The van der Waals surface area contributed by atoms with E-state index in [0.29, 0.717) is 4.14 Å². The van der Waals surface area contributed by atoms with Crippen molar-refractivity contribution in [2.75, 3.05) is 26.2 Å². The molecule has 0 bridgehead atoms. The Labute approximate surface area is 136 Å². The summed E-state index contributed by atoms with van der Waals surface area (Å²) in [6, 6.07) is 0. The van der Waals surface area contributed by atoms with Crippen LogP contribution in [0.2, 0.25) is 4.14 Å². The second-order valence-electron chi connectivity index (χ2n) is 6.42. The standard InChI is InChI=1S/C5H5.C4H9N.2C4H10N.Nb/c1-2-4-5-3-1;1-4(2,3)5;2*1-3-5-4-2;/h1-5H;1-3H3;2*3-4H2,1-2H3;/q;;2*-1;+2. The number of nitrogens with zero attached hydrogens (tertiary/aromatic N) is 3. The Bertz CT molecular complexity index is 396. The molecule has 0 aliphatic heterocycles. The molecule has 0 N–H and O–H groups in total. The first-order valence-electron chi connectivity index (χ1n) is 8.34. The first-order chi connectivity index (χ1) is 9.85. The first-order valence-corrected chi connectivity index (χ1v) is 12.6. The molecule has 0 amide bonds. The predicted octanol–water partition coefficient (Wildman–Crippen LogP) is 4.55. The maximum absolute atomic E-state index is 5.56. The summed E-state index contributed by atoms with van der Waals surface area (Å²) >= 11 is -2.96. The van der Waals surface area contributed by atoms with Crippen LogP contribution in [0.1, 0.15) is 48.5 Å². The second kappa shape index (κ2) is 7.98. The van der Waals surface area contributed by atoms with Gasteiger partial charge in [-0.05, 0) is 0 Å². The number of allylic oxidation sites excluding steroid dienone is 4. The quantitative estimate of drug-likeness (QED) is 0.610. The average molecular weight is 373 g/mol. The Morgan fingerprint density at radius 1 is 0.857 bits per heavy atom. The number of hydrogen-bond donors (Lipinski definition) is 0. The van der Waals surface area contributed by atoms with Gasteiger partial charge in [0.15, 0.2) is 0 Å². The summed E-state index contributed by atoms with van der Waals surface area (Å²) in [5.74, 6) is 0. The molecule has 1 aliphatic carbocycles. The van der Waals surface area contributed by atoms with Crippen LogP contribution in [-0.4, -0.2) is 38.3 Å². The molecule has 0 heterocycles. The van der Waals surface area contributed by atoms with Crippen LogP contribution < -0.4 is 0 Å². The second-order valence-corrected chi connectivity index (χ2v) is 14.2. The van der Waals surface area contributed by atoms with Gasteiger partial charge in [0.05, 0.1) is 0 Å². The summed E-state index contributed by atoms with van der Waals surface area (Å²) in [5, 5.41) is 0. The SMILES string of the molecule is CC[N](CC)[Nb](=[N]C(C)(C)C)([CH]1C=CC=C1)[N](CC)CC. The van der Waals surface area contributed by atoms with E-state index in [-0.39, 0.29) is 5.54 Å². The van der Waals surface area contributed by atoms with Crippen LogP contribution in [0, 0.1) is 0 Å². The third-order valence-electron chi connectivity index (χ3n) is 3.87. The summed E-state index contributed by atoms with van der Waals surface area (Å²) in [6.45, 7) is 20.3. The molecule has 0 saturated heterocycles. The molecular formula is C17H34N3Nb. The van der Waals surface area contributed by atoms with Crippen molar-refractivity contribution in [3.05, 3.63) is 24.3 Å². The van der Waals surface area contributed by atoms with Gasteiger partial charge in [-0.1, -0.05) is 0 Å².